The van der Waals surface area contributed by atoms with Crippen molar-refractivity contribution >= 4 is 21.4 Å². The summed E-state index contributed by atoms with van der Waals surface area (Å²) < 4.78 is 32.6. The largest absolute Gasteiger partial charge is 0.497 e. The summed E-state index contributed by atoms with van der Waals surface area (Å²) in [6, 6.07) is 6.74. The summed E-state index contributed by atoms with van der Waals surface area (Å²) >= 11 is 0. The fourth-order valence-electron chi connectivity index (χ4n) is 1.88. The van der Waals surface area contributed by atoms with E-state index >= 15 is 0 Å². The Bertz CT molecular complexity index is 745. The zero-order valence-corrected chi connectivity index (χ0v) is 12.9. The van der Waals surface area contributed by atoms with Gasteiger partial charge in [-0.3, -0.25) is 9.71 Å². The van der Waals surface area contributed by atoms with Gasteiger partial charge in [-0.1, -0.05) is 0 Å². The van der Waals surface area contributed by atoms with E-state index in [1.807, 2.05) is 6.92 Å². The molecule has 0 bridgehead atoms. The average Bonchev–Trinajstić information content (AvgIpc) is 2.49. The van der Waals surface area contributed by atoms with E-state index in [4.69, 9.17) is 4.74 Å². The molecule has 2 aromatic rings. The maximum atomic E-state index is 12.5. The average molecular weight is 307 g/mol. The summed E-state index contributed by atoms with van der Waals surface area (Å²) in [5.41, 5.74) is 1.76. The first-order chi connectivity index (χ1) is 9.97. The van der Waals surface area contributed by atoms with Crippen molar-refractivity contribution < 1.29 is 13.2 Å². The van der Waals surface area contributed by atoms with Gasteiger partial charge in [0.2, 0.25) is 0 Å². The highest BCUT2D eigenvalue weighted by Gasteiger charge is 2.19. The third-order valence-electron chi connectivity index (χ3n) is 3.02. The van der Waals surface area contributed by atoms with Gasteiger partial charge in [-0.2, -0.15) is 0 Å². The molecular weight excluding hydrogens is 290 g/mol. The maximum absolute atomic E-state index is 12.5. The van der Waals surface area contributed by atoms with Crippen molar-refractivity contribution in [2.45, 2.75) is 11.8 Å². The van der Waals surface area contributed by atoms with Crippen LogP contribution in [0.3, 0.4) is 0 Å². The normalized spacial score (nSPS) is 11.0. The number of pyridine rings is 1. The smallest absolute Gasteiger partial charge is 0.265 e. The Morgan fingerprint density at radius 2 is 1.95 bits per heavy atom. The van der Waals surface area contributed by atoms with Gasteiger partial charge in [0.1, 0.15) is 10.6 Å². The minimum Gasteiger partial charge on any atom is -0.497 e. The molecule has 0 saturated carbocycles. The molecule has 21 heavy (non-hydrogen) atoms. The monoisotopic (exact) mass is 307 g/mol. The highest BCUT2D eigenvalue weighted by molar-refractivity contribution is 7.92. The lowest BCUT2D eigenvalue weighted by atomic mass is 10.2. The molecule has 112 valence electrons. The Kier molecular flexibility index (Phi) is 4.32. The first kappa shape index (κ1) is 15.1. The maximum Gasteiger partial charge on any atom is 0.265 e. The molecule has 0 spiro atoms. The number of hydrogen-bond acceptors (Lipinski definition) is 5. The zero-order valence-electron chi connectivity index (χ0n) is 12.0. The number of sulfonamides is 1. The topological polar surface area (TPSA) is 80.3 Å². The molecule has 0 aliphatic carbocycles. The molecule has 0 radical (unpaired) electrons. The molecule has 0 fully saturated rings. The summed E-state index contributed by atoms with van der Waals surface area (Å²) in [6.07, 6.45) is 2.84. The fraction of sp³-hybridized carbons (Fsp3) is 0.214. The van der Waals surface area contributed by atoms with Crippen LogP contribution < -0.4 is 14.8 Å². The number of hydrogen-bond donors (Lipinski definition) is 2. The number of anilines is 2. The lowest BCUT2D eigenvalue weighted by Crippen LogP contribution is -2.15. The second kappa shape index (κ2) is 6.01. The van der Waals surface area contributed by atoms with Crippen molar-refractivity contribution in [1.82, 2.24) is 4.98 Å². The van der Waals surface area contributed by atoms with Crippen molar-refractivity contribution in [3.05, 3.63) is 42.2 Å². The number of rotatable bonds is 5. The van der Waals surface area contributed by atoms with E-state index in [9.17, 15) is 8.42 Å². The van der Waals surface area contributed by atoms with Crippen LogP contribution in [-0.2, 0) is 10.0 Å². The van der Waals surface area contributed by atoms with Gasteiger partial charge in [-0.25, -0.2) is 8.42 Å². The highest BCUT2D eigenvalue weighted by atomic mass is 32.2. The number of ether oxygens (including phenoxy) is 1. The van der Waals surface area contributed by atoms with Crippen LogP contribution in [0.4, 0.5) is 11.4 Å². The van der Waals surface area contributed by atoms with E-state index in [0.29, 0.717) is 17.1 Å². The van der Waals surface area contributed by atoms with Crippen molar-refractivity contribution in [2.75, 3.05) is 24.2 Å². The quantitative estimate of drug-likeness (QED) is 0.885. The summed E-state index contributed by atoms with van der Waals surface area (Å²) in [5.74, 6) is 0.674. The lowest BCUT2D eigenvalue weighted by Gasteiger charge is -2.13. The zero-order chi connectivity index (χ0) is 15.5. The van der Waals surface area contributed by atoms with Gasteiger partial charge in [0.25, 0.3) is 10.0 Å². The van der Waals surface area contributed by atoms with E-state index in [1.54, 1.807) is 38.4 Å². The Hall–Kier alpha value is -2.28. The lowest BCUT2D eigenvalue weighted by molar-refractivity contribution is 0.414. The van der Waals surface area contributed by atoms with Crippen LogP contribution in [0.25, 0.3) is 0 Å². The number of aromatic nitrogens is 1. The first-order valence-corrected chi connectivity index (χ1v) is 7.75. The molecular formula is C14H17N3O3S. The highest BCUT2D eigenvalue weighted by Crippen LogP contribution is 2.26. The fourth-order valence-corrected chi connectivity index (χ4v) is 3.17. The molecule has 0 unspecified atom stereocenters. The minimum absolute atomic E-state index is 0.0997. The van der Waals surface area contributed by atoms with Gasteiger partial charge >= 0.3 is 0 Å². The summed E-state index contributed by atoms with van der Waals surface area (Å²) in [5, 5.41) is 2.84. The summed E-state index contributed by atoms with van der Waals surface area (Å²) in [7, 11) is -0.491. The first-order valence-electron chi connectivity index (χ1n) is 6.27. The Balaban J connectivity index is 2.38. The van der Waals surface area contributed by atoms with Gasteiger partial charge in [-0.15, -0.1) is 0 Å². The number of methoxy groups -OCH3 is 1. The summed E-state index contributed by atoms with van der Waals surface area (Å²) in [6.45, 7) is 1.81. The Labute approximate surface area is 124 Å². The second-order valence-corrected chi connectivity index (χ2v) is 6.06. The van der Waals surface area contributed by atoms with E-state index in [2.05, 4.69) is 15.0 Å². The molecule has 0 atom stereocenters. The van der Waals surface area contributed by atoms with Gasteiger partial charge in [-0.05, 0) is 36.8 Å². The van der Waals surface area contributed by atoms with Crippen molar-refractivity contribution in [3.63, 3.8) is 0 Å². The molecule has 0 aliphatic rings. The van der Waals surface area contributed by atoms with Gasteiger partial charge in [0, 0.05) is 19.4 Å². The Morgan fingerprint density at radius 1 is 1.19 bits per heavy atom. The third kappa shape index (κ3) is 3.25. The molecule has 1 aromatic heterocycles. The molecule has 1 aromatic carbocycles. The van der Waals surface area contributed by atoms with E-state index in [1.165, 1.54) is 12.4 Å². The van der Waals surface area contributed by atoms with Crippen LogP contribution in [0.1, 0.15) is 5.56 Å². The number of nitrogens with zero attached hydrogens (tertiary/aromatic N) is 1. The van der Waals surface area contributed by atoms with Crippen LogP contribution in [0.5, 0.6) is 5.75 Å². The molecule has 0 amide bonds. The Morgan fingerprint density at radius 3 is 2.57 bits per heavy atom. The van der Waals surface area contributed by atoms with Crippen LogP contribution in [0.15, 0.2) is 41.6 Å². The van der Waals surface area contributed by atoms with E-state index < -0.39 is 10.0 Å². The minimum atomic E-state index is -3.71. The van der Waals surface area contributed by atoms with Crippen LogP contribution >= 0.6 is 0 Å². The van der Waals surface area contributed by atoms with Crippen LogP contribution in [0, 0.1) is 6.92 Å². The molecule has 6 nitrogen and oxygen atoms in total. The summed E-state index contributed by atoms with van der Waals surface area (Å²) in [4.78, 5) is 3.97. The van der Waals surface area contributed by atoms with Gasteiger partial charge in [0.15, 0.2) is 0 Å². The molecule has 1 heterocycles. The number of aryl methyl sites for hydroxylation is 1. The van der Waals surface area contributed by atoms with Crippen molar-refractivity contribution in [3.8, 4) is 5.75 Å². The van der Waals surface area contributed by atoms with E-state index in [0.717, 1.165) is 5.56 Å². The molecule has 0 saturated heterocycles. The number of nitrogens with one attached hydrogen (secondary N) is 2. The second-order valence-electron chi connectivity index (χ2n) is 4.41. The molecule has 7 heteroatoms. The van der Waals surface area contributed by atoms with Gasteiger partial charge < -0.3 is 10.1 Å². The SMILES string of the molecule is CNc1ccncc1S(=O)(=O)Nc1ccc(OC)cc1C. The van der Waals surface area contributed by atoms with Gasteiger partial charge in [0.05, 0.1) is 18.5 Å². The third-order valence-corrected chi connectivity index (χ3v) is 4.41. The van der Waals surface area contributed by atoms with E-state index in [-0.39, 0.29) is 4.90 Å². The molecule has 2 rings (SSSR count). The predicted octanol–water partition coefficient (Wildman–Crippen LogP) is 2.24. The van der Waals surface area contributed by atoms with Crippen molar-refractivity contribution in [1.29, 1.82) is 0 Å². The number of benzene rings is 1. The molecule has 2 N–H and O–H groups in total. The van der Waals surface area contributed by atoms with Crippen molar-refractivity contribution in [2.24, 2.45) is 0 Å². The van der Waals surface area contributed by atoms with Crippen LogP contribution in [0.2, 0.25) is 0 Å². The predicted molar refractivity (Wildman–Crippen MR) is 82.3 cm³/mol. The standard InChI is InChI=1S/C14H17N3O3S/c1-10-8-11(20-3)4-5-12(10)17-21(18,19)14-9-16-7-6-13(14)15-2/h4-9,17H,1-3H3,(H,15,16). The van der Waals surface area contributed by atoms with Crippen LogP contribution in [-0.4, -0.2) is 27.6 Å². The molecule has 0 aliphatic heterocycles.